The van der Waals surface area contributed by atoms with Gasteiger partial charge in [-0.2, -0.15) is 0 Å². The number of benzene rings is 8. The third-order valence-electron chi connectivity index (χ3n) is 10.7. The van der Waals surface area contributed by atoms with Crippen molar-refractivity contribution in [1.29, 1.82) is 0 Å². The van der Waals surface area contributed by atoms with Crippen LogP contribution >= 0.6 is 0 Å². The van der Waals surface area contributed by atoms with Gasteiger partial charge in [0.05, 0.1) is 0 Å². The zero-order valence-electron chi connectivity index (χ0n) is 29.5. The van der Waals surface area contributed by atoms with Crippen molar-refractivity contribution in [3.63, 3.8) is 0 Å². The van der Waals surface area contributed by atoms with Crippen LogP contribution in [0, 0.1) is 0 Å². The Morgan fingerprint density at radius 1 is 0.308 bits per heavy atom. The summed E-state index contributed by atoms with van der Waals surface area (Å²) in [6.45, 7) is 4.72. The molecule has 0 unspecified atom stereocenters. The van der Waals surface area contributed by atoms with Gasteiger partial charge in [0.2, 0.25) is 0 Å². The molecule has 1 aliphatic rings. The minimum Gasteiger partial charge on any atom is -0.310 e. The highest BCUT2D eigenvalue weighted by Gasteiger charge is 2.37. The van der Waals surface area contributed by atoms with E-state index in [4.69, 9.17) is 0 Å². The summed E-state index contributed by atoms with van der Waals surface area (Å²) in [5.74, 6) is 0. The topological polar surface area (TPSA) is 3.24 Å². The van der Waals surface area contributed by atoms with Crippen molar-refractivity contribution in [3.8, 4) is 55.6 Å². The second kappa shape index (κ2) is 13.0. The standard InChI is InChI=1S/C51H39N/c1-51(2)48-34-33-45(35-47(48)50-46(19-12-20-49(50)51)42-17-10-5-11-18-42)52(43-29-25-40(26-30-43)37-15-8-4-9-16-37)44-31-27-41(28-32-44)39-23-21-38(22-24-39)36-13-6-3-7-14-36/h3-35H,1-2H3. The summed E-state index contributed by atoms with van der Waals surface area (Å²) < 4.78 is 0. The van der Waals surface area contributed by atoms with Crippen molar-refractivity contribution in [2.75, 3.05) is 4.90 Å². The molecule has 9 rings (SSSR count). The van der Waals surface area contributed by atoms with Crippen LogP contribution in [0.2, 0.25) is 0 Å². The van der Waals surface area contributed by atoms with Gasteiger partial charge in [-0.15, -0.1) is 0 Å². The zero-order chi connectivity index (χ0) is 35.1. The molecule has 0 atom stereocenters. The minimum absolute atomic E-state index is 0.103. The van der Waals surface area contributed by atoms with E-state index in [0.717, 1.165) is 17.1 Å². The van der Waals surface area contributed by atoms with Crippen LogP contribution in [0.3, 0.4) is 0 Å². The molecule has 1 heteroatoms. The van der Waals surface area contributed by atoms with E-state index < -0.39 is 0 Å². The highest BCUT2D eigenvalue weighted by atomic mass is 15.1. The fraction of sp³-hybridized carbons (Fsp3) is 0.0588. The van der Waals surface area contributed by atoms with Gasteiger partial charge in [0, 0.05) is 22.5 Å². The second-order valence-corrected chi connectivity index (χ2v) is 14.2. The third-order valence-corrected chi connectivity index (χ3v) is 10.7. The first-order chi connectivity index (χ1) is 25.5. The maximum Gasteiger partial charge on any atom is 0.0468 e. The largest absolute Gasteiger partial charge is 0.310 e. The summed E-state index contributed by atoms with van der Waals surface area (Å²) >= 11 is 0. The Labute approximate surface area is 307 Å². The van der Waals surface area contributed by atoms with Gasteiger partial charge in [0.1, 0.15) is 0 Å². The van der Waals surface area contributed by atoms with Crippen molar-refractivity contribution in [3.05, 3.63) is 211 Å². The Morgan fingerprint density at radius 2 is 0.712 bits per heavy atom. The molecule has 0 saturated carbocycles. The number of nitrogens with zero attached hydrogens (tertiary/aromatic N) is 1. The molecule has 52 heavy (non-hydrogen) atoms. The molecule has 0 aliphatic heterocycles. The Morgan fingerprint density at radius 3 is 1.19 bits per heavy atom. The lowest BCUT2D eigenvalue weighted by Crippen LogP contribution is -2.15. The van der Waals surface area contributed by atoms with Crippen LogP contribution in [-0.2, 0) is 5.41 Å². The fourth-order valence-electron chi connectivity index (χ4n) is 7.96. The molecule has 0 radical (unpaired) electrons. The molecule has 8 aromatic rings. The highest BCUT2D eigenvalue weighted by Crippen LogP contribution is 2.53. The first-order valence-electron chi connectivity index (χ1n) is 18.1. The zero-order valence-corrected chi connectivity index (χ0v) is 29.5. The summed E-state index contributed by atoms with van der Waals surface area (Å²) in [6.07, 6.45) is 0. The molecule has 248 valence electrons. The van der Waals surface area contributed by atoms with E-state index in [1.54, 1.807) is 0 Å². The third kappa shape index (κ3) is 5.61. The van der Waals surface area contributed by atoms with E-state index >= 15 is 0 Å². The summed E-state index contributed by atoms with van der Waals surface area (Å²) in [4.78, 5) is 2.40. The number of hydrogen-bond acceptors (Lipinski definition) is 1. The van der Waals surface area contributed by atoms with Gasteiger partial charge in [0.25, 0.3) is 0 Å². The lowest BCUT2D eigenvalue weighted by atomic mass is 9.82. The van der Waals surface area contributed by atoms with E-state index in [9.17, 15) is 0 Å². The summed E-state index contributed by atoms with van der Waals surface area (Å²) in [5, 5.41) is 0. The van der Waals surface area contributed by atoms with E-state index in [0.29, 0.717) is 0 Å². The molecule has 1 aliphatic carbocycles. The molecular weight excluding hydrogens is 627 g/mol. The van der Waals surface area contributed by atoms with Crippen LogP contribution in [-0.4, -0.2) is 0 Å². The van der Waals surface area contributed by atoms with Gasteiger partial charge in [0.15, 0.2) is 0 Å². The maximum atomic E-state index is 2.41. The summed E-state index contributed by atoms with van der Waals surface area (Å²) in [7, 11) is 0. The minimum atomic E-state index is -0.103. The molecule has 0 saturated heterocycles. The molecule has 0 aromatic heterocycles. The van der Waals surface area contributed by atoms with Crippen LogP contribution in [0.5, 0.6) is 0 Å². The van der Waals surface area contributed by atoms with Crippen LogP contribution in [0.15, 0.2) is 200 Å². The first kappa shape index (κ1) is 31.5. The monoisotopic (exact) mass is 665 g/mol. The molecular formula is C51H39N. The number of anilines is 3. The SMILES string of the molecule is CC1(C)c2ccc(N(c3ccc(-c4ccccc4)cc3)c3ccc(-c4ccc(-c5ccccc5)cc4)cc3)cc2-c2c(-c3ccccc3)cccc21. The quantitative estimate of drug-likeness (QED) is 0.164. The highest BCUT2D eigenvalue weighted by molar-refractivity contribution is 5.95. The van der Waals surface area contributed by atoms with E-state index in [1.807, 2.05) is 0 Å². The maximum absolute atomic E-state index is 2.41. The Bertz CT molecular complexity index is 2480. The van der Waals surface area contributed by atoms with Gasteiger partial charge < -0.3 is 4.90 Å². The van der Waals surface area contributed by atoms with Gasteiger partial charge in [-0.25, -0.2) is 0 Å². The smallest absolute Gasteiger partial charge is 0.0468 e. The summed E-state index contributed by atoms with van der Waals surface area (Å²) in [6, 6.07) is 72.7. The van der Waals surface area contributed by atoms with Crippen LogP contribution in [0.25, 0.3) is 55.6 Å². The molecule has 0 amide bonds. The van der Waals surface area contributed by atoms with Crippen LogP contribution in [0.4, 0.5) is 17.1 Å². The summed E-state index contributed by atoms with van der Waals surface area (Å²) in [5.41, 5.74) is 18.5. The lowest BCUT2D eigenvalue weighted by Gasteiger charge is -2.27. The molecule has 0 heterocycles. The van der Waals surface area contributed by atoms with Gasteiger partial charge in [-0.05, 0) is 103 Å². The second-order valence-electron chi connectivity index (χ2n) is 14.2. The molecule has 0 N–H and O–H groups in total. The van der Waals surface area contributed by atoms with E-state index in [2.05, 4.69) is 219 Å². The van der Waals surface area contributed by atoms with Gasteiger partial charge in [-0.1, -0.05) is 178 Å². The van der Waals surface area contributed by atoms with Crippen molar-refractivity contribution in [2.24, 2.45) is 0 Å². The van der Waals surface area contributed by atoms with Crippen LogP contribution in [0.1, 0.15) is 25.0 Å². The predicted molar refractivity (Wildman–Crippen MR) is 220 cm³/mol. The lowest BCUT2D eigenvalue weighted by molar-refractivity contribution is 0.660. The molecule has 1 nitrogen and oxygen atoms in total. The number of hydrogen-bond donors (Lipinski definition) is 0. The molecule has 0 spiro atoms. The first-order valence-corrected chi connectivity index (χ1v) is 18.1. The number of rotatable bonds is 7. The Hall–Kier alpha value is -6.44. The van der Waals surface area contributed by atoms with Crippen molar-refractivity contribution < 1.29 is 0 Å². The molecule has 0 bridgehead atoms. The van der Waals surface area contributed by atoms with Crippen LogP contribution < -0.4 is 4.90 Å². The van der Waals surface area contributed by atoms with Gasteiger partial charge >= 0.3 is 0 Å². The average Bonchev–Trinajstić information content (AvgIpc) is 3.45. The Balaban J connectivity index is 1.14. The van der Waals surface area contributed by atoms with E-state index in [-0.39, 0.29) is 5.41 Å². The normalized spacial score (nSPS) is 12.6. The predicted octanol–water partition coefficient (Wildman–Crippen LogP) is 14.1. The molecule has 8 aromatic carbocycles. The Kier molecular flexibility index (Phi) is 7.90. The average molecular weight is 666 g/mol. The van der Waals surface area contributed by atoms with Gasteiger partial charge in [-0.3, -0.25) is 0 Å². The number of fused-ring (bicyclic) bond motifs is 3. The fourth-order valence-corrected chi connectivity index (χ4v) is 7.96. The van der Waals surface area contributed by atoms with E-state index in [1.165, 1.54) is 66.8 Å². The van der Waals surface area contributed by atoms with Crippen molar-refractivity contribution in [2.45, 2.75) is 19.3 Å². The van der Waals surface area contributed by atoms with Crippen molar-refractivity contribution in [1.82, 2.24) is 0 Å². The molecule has 0 fully saturated rings. The van der Waals surface area contributed by atoms with Crippen molar-refractivity contribution >= 4 is 17.1 Å².